The van der Waals surface area contributed by atoms with Gasteiger partial charge in [-0.15, -0.1) is 0 Å². The molecule has 3 aromatic carbocycles. The molecule has 3 heterocycles. The Morgan fingerprint density at radius 3 is 2.25 bits per heavy atom. The van der Waals surface area contributed by atoms with Gasteiger partial charge in [0.25, 0.3) is 0 Å². The van der Waals surface area contributed by atoms with E-state index in [1.165, 1.54) is 5.56 Å². The Labute approximate surface area is 237 Å². The number of hydrogen-bond donors (Lipinski definition) is 1. The Kier molecular flexibility index (Phi) is 6.85. The smallest absolute Gasteiger partial charge is 0.399 e. The molecule has 1 aromatic heterocycles. The summed E-state index contributed by atoms with van der Waals surface area (Å²) in [6.45, 7) is 15.8. The number of aromatic nitrogens is 1. The first kappa shape index (κ1) is 26.8. The normalized spacial score (nSPS) is 18.4. The number of hydrogen-bond acceptors (Lipinski definition) is 6. The average molecular weight is 535 g/mol. The number of anilines is 3. The van der Waals surface area contributed by atoms with Gasteiger partial charge in [-0.05, 0) is 76.3 Å². The molecule has 0 saturated carbocycles. The van der Waals surface area contributed by atoms with Gasteiger partial charge in [-0.3, -0.25) is 0 Å². The number of pyridine rings is 1. The van der Waals surface area contributed by atoms with Crippen molar-refractivity contribution >= 4 is 40.5 Å². The molecule has 206 valence electrons. The fourth-order valence-electron chi connectivity index (χ4n) is 5.56. The van der Waals surface area contributed by atoms with E-state index >= 15 is 0 Å². The molecule has 2 aliphatic heterocycles. The lowest BCUT2D eigenvalue weighted by molar-refractivity contribution is 0.00578. The molecule has 0 spiro atoms. The van der Waals surface area contributed by atoms with Crippen LogP contribution in [-0.2, 0) is 14.0 Å². The second-order valence-electron chi connectivity index (χ2n) is 11.9. The Morgan fingerprint density at radius 1 is 0.850 bits per heavy atom. The van der Waals surface area contributed by atoms with Crippen molar-refractivity contribution in [3.05, 3.63) is 77.9 Å². The SMILES string of the molecule is Cc1ccccc1-c1nc2ccccc2c(Nc2cc(B3OC(C)(C)C(C)(C)O3)ccc2N2CCOCC2)c1C. The molecular formula is C33H38BN3O3. The number of nitrogens with one attached hydrogen (secondary N) is 1. The molecule has 6 nitrogen and oxygen atoms in total. The molecular weight excluding hydrogens is 497 g/mol. The molecule has 0 radical (unpaired) electrons. The lowest BCUT2D eigenvalue weighted by atomic mass is 9.78. The van der Waals surface area contributed by atoms with Crippen LogP contribution in [0.4, 0.5) is 17.1 Å². The number of nitrogens with zero attached hydrogens (tertiary/aromatic N) is 2. The molecule has 0 bridgehead atoms. The molecule has 6 rings (SSSR count). The van der Waals surface area contributed by atoms with Crippen LogP contribution in [-0.4, -0.2) is 49.6 Å². The first-order chi connectivity index (χ1) is 19.1. The number of morpholine rings is 1. The summed E-state index contributed by atoms with van der Waals surface area (Å²) in [5, 5.41) is 4.97. The number of aryl methyl sites for hydroxylation is 1. The van der Waals surface area contributed by atoms with Gasteiger partial charge in [0.05, 0.1) is 52.7 Å². The van der Waals surface area contributed by atoms with Crippen LogP contribution in [0.5, 0.6) is 0 Å². The van der Waals surface area contributed by atoms with Crippen LogP contribution in [0.15, 0.2) is 66.7 Å². The van der Waals surface area contributed by atoms with Gasteiger partial charge in [0.1, 0.15) is 0 Å². The number of benzene rings is 3. The zero-order valence-corrected chi connectivity index (χ0v) is 24.4. The summed E-state index contributed by atoms with van der Waals surface area (Å²) in [6, 6.07) is 23.3. The van der Waals surface area contributed by atoms with Crippen LogP contribution >= 0.6 is 0 Å². The summed E-state index contributed by atoms with van der Waals surface area (Å²) in [5.74, 6) is 0. The maximum atomic E-state index is 6.43. The Hall–Kier alpha value is -3.39. The molecule has 0 atom stereocenters. The van der Waals surface area contributed by atoms with E-state index in [1.54, 1.807) is 0 Å². The molecule has 4 aromatic rings. The molecule has 0 unspecified atom stereocenters. The maximum Gasteiger partial charge on any atom is 0.494 e. The van der Waals surface area contributed by atoms with Crippen LogP contribution in [0.2, 0.25) is 0 Å². The molecule has 0 amide bonds. The summed E-state index contributed by atoms with van der Waals surface area (Å²) < 4.78 is 18.5. The van der Waals surface area contributed by atoms with E-state index in [9.17, 15) is 0 Å². The van der Waals surface area contributed by atoms with Crippen LogP contribution in [0.1, 0.15) is 38.8 Å². The molecule has 2 saturated heterocycles. The van der Waals surface area contributed by atoms with Gasteiger partial charge in [-0.1, -0.05) is 48.5 Å². The molecule has 0 aliphatic carbocycles. The zero-order valence-electron chi connectivity index (χ0n) is 24.4. The number of para-hydroxylation sites is 1. The number of ether oxygens (including phenoxy) is 1. The highest BCUT2D eigenvalue weighted by molar-refractivity contribution is 6.62. The van der Waals surface area contributed by atoms with E-state index < -0.39 is 18.3 Å². The molecule has 40 heavy (non-hydrogen) atoms. The van der Waals surface area contributed by atoms with Crippen molar-refractivity contribution in [2.45, 2.75) is 52.7 Å². The van der Waals surface area contributed by atoms with Crippen molar-refractivity contribution in [1.82, 2.24) is 4.98 Å². The van der Waals surface area contributed by atoms with Gasteiger partial charge in [0.2, 0.25) is 0 Å². The molecule has 2 aliphatic rings. The third-order valence-electron chi connectivity index (χ3n) is 8.69. The van der Waals surface area contributed by atoms with Crippen LogP contribution in [0, 0.1) is 13.8 Å². The van der Waals surface area contributed by atoms with E-state index in [0.29, 0.717) is 13.2 Å². The van der Waals surface area contributed by atoms with Crippen molar-refractivity contribution in [1.29, 1.82) is 0 Å². The lowest BCUT2D eigenvalue weighted by Crippen LogP contribution is -2.41. The minimum Gasteiger partial charge on any atom is -0.399 e. The van der Waals surface area contributed by atoms with Gasteiger partial charge in [0, 0.05) is 24.0 Å². The summed E-state index contributed by atoms with van der Waals surface area (Å²) in [5.41, 5.74) is 8.82. The first-order valence-corrected chi connectivity index (χ1v) is 14.2. The summed E-state index contributed by atoms with van der Waals surface area (Å²) in [4.78, 5) is 7.52. The van der Waals surface area contributed by atoms with Gasteiger partial charge in [-0.2, -0.15) is 0 Å². The minimum atomic E-state index is -0.443. The topological polar surface area (TPSA) is 55.9 Å². The maximum absolute atomic E-state index is 6.43. The summed E-state index contributed by atoms with van der Waals surface area (Å²) in [7, 11) is -0.443. The van der Waals surface area contributed by atoms with Gasteiger partial charge in [0.15, 0.2) is 0 Å². The quantitative estimate of drug-likeness (QED) is 0.299. The molecule has 1 N–H and O–H groups in total. The third-order valence-corrected chi connectivity index (χ3v) is 8.69. The van der Waals surface area contributed by atoms with Gasteiger partial charge < -0.3 is 24.3 Å². The van der Waals surface area contributed by atoms with Gasteiger partial charge in [-0.25, -0.2) is 4.98 Å². The Morgan fingerprint density at radius 2 is 1.52 bits per heavy atom. The minimum absolute atomic E-state index is 0.408. The highest BCUT2D eigenvalue weighted by Crippen LogP contribution is 2.40. The predicted molar refractivity (Wildman–Crippen MR) is 165 cm³/mol. The van der Waals surface area contributed by atoms with Gasteiger partial charge >= 0.3 is 7.12 Å². The highest BCUT2D eigenvalue weighted by atomic mass is 16.7. The fourth-order valence-corrected chi connectivity index (χ4v) is 5.56. The first-order valence-electron chi connectivity index (χ1n) is 14.2. The second-order valence-corrected chi connectivity index (χ2v) is 11.9. The van der Waals surface area contributed by atoms with Crippen molar-refractivity contribution in [3.8, 4) is 11.3 Å². The van der Waals surface area contributed by atoms with Crippen LogP contribution in [0.25, 0.3) is 22.2 Å². The molecule has 2 fully saturated rings. The zero-order chi connectivity index (χ0) is 28.1. The van der Waals surface area contributed by atoms with Crippen molar-refractivity contribution in [2.75, 3.05) is 36.5 Å². The van der Waals surface area contributed by atoms with E-state index in [4.69, 9.17) is 19.0 Å². The van der Waals surface area contributed by atoms with E-state index in [1.807, 2.05) is 6.07 Å². The van der Waals surface area contributed by atoms with E-state index in [0.717, 1.165) is 63.3 Å². The van der Waals surface area contributed by atoms with Crippen molar-refractivity contribution < 1.29 is 14.0 Å². The lowest BCUT2D eigenvalue weighted by Gasteiger charge is -2.32. The Bertz CT molecular complexity index is 1550. The van der Waals surface area contributed by atoms with Crippen molar-refractivity contribution in [3.63, 3.8) is 0 Å². The predicted octanol–water partition coefficient (Wildman–Crippen LogP) is 6.40. The third kappa shape index (κ3) is 4.76. The Balaban J connectivity index is 1.49. The number of fused-ring (bicyclic) bond motifs is 1. The summed E-state index contributed by atoms with van der Waals surface area (Å²) >= 11 is 0. The monoisotopic (exact) mass is 535 g/mol. The summed E-state index contributed by atoms with van der Waals surface area (Å²) in [6.07, 6.45) is 0. The van der Waals surface area contributed by atoms with Crippen LogP contribution in [0.3, 0.4) is 0 Å². The van der Waals surface area contributed by atoms with Crippen molar-refractivity contribution in [2.24, 2.45) is 0 Å². The highest BCUT2D eigenvalue weighted by Gasteiger charge is 2.51. The van der Waals surface area contributed by atoms with Crippen LogP contribution < -0.4 is 15.7 Å². The standard InChI is InChI=1S/C33H38BN3O3/c1-22-11-7-8-12-25(22)30-23(2)31(26-13-9-10-14-27(26)35-30)36-28-21-24(34-39-32(3,4)33(5,6)40-34)15-16-29(28)37-17-19-38-20-18-37/h7-16,21H,17-20H2,1-6H3,(H,35,36). The fraction of sp³-hybridized carbons (Fsp3) is 0.364. The number of rotatable bonds is 5. The average Bonchev–Trinajstić information content (AvgIpc) is 3.17. The van der Waals surface area contributed by atoms with E-state index in [-0.39, 0.29) is 0 Å². The molecule has 7 heteroatoms. The van der Waals surface area contributed by atoms with E-state index in [2.05, 4.69) is 112 Å². The largest absolute Gasteiger partial charge is 0.494 e. The second kappa shape index (κ2) is 10.2.